The van der Waals surface area contributed by atoms with Gasteiger partial charge in [0, 0.05) is 15.7 Å². The van der Waals surface area contributed by atoms with Crippen LogP contribution < -0.4 is 16.2 Å². The van der Waals surface area contributed by atoms with Crippen molar-refractivity contribution in [2.45, 2.75) is 0 Å². The summed E-state index contributed by atoms with van der Waals surface area (Å²) in [6.45, 7) is 0. The largest absolute Gasteiger partial charge is 0.355 e. The molecule has 9 nitrogen and oxygen atoms in total. The first kappa shape index (κ1) is 20.6. The fourth-order valence-electron chi connectivity index (χ4n) is 2.29. The van der Waals surface area contributed by atoms with Crippen LogP contribution >= 0.6 is 34.8 Å². The Morgan fingerprint density at radius 2 is 1.72 bits per heavy atom. The van der Waals surface area contributed by atoms with Gasteiger partial charge >= 0.3 is 5.69 Å². The third-order valence-electron chi connectivity index (χ3n) is 3.56. The highest BCUT2D eigenvalue weighted by Crippen LogP contribution is 2.31. The fourth-order valence-corrected chi connectivity index (χ4v) is 2.98. The number of nitrogens with one attached hydrogen (secondary N) is 3. The number of hydrogen-bond donors (Lipinski definition) is 3. The van der Waals surface area contributed by atoms with E-state index < -0.39 is 16.5 Å². The molecule has 1 aromatic heterocycles. The monoisotopic (exact) mass is 452 g/mol. The number of nitrogens with zero attached hydrogens (tertiary/aromatic N) is 3. The summed E-state index contributed by atoms with van der Waals surface area (Å²) in [7, 11) is 0. The van der Waals surface area contributed by atoms with Crippen LogP contribution in [0.15, 0.2) is 48.8 Å². The highest BCUT2D eigenvalue weighted by atomic mass is 35.5. The van der Waals surface area contributed by atoms with E-state index in [-0.39, 0.29) is 22.2 Å². The summed E-state index contributed by atoms with van der Waals surface area (Å²) in [6, 6.07) is 10.9. The van der Waals surface area contributed by atoms with Crippen molar-refractivity contribution in [2.75, 3.05) is 10.7 Å². The number of hydrazine groups is 1. The highest BCUT2D eigenvalue weighted by molar-refractivity contribution is 6.36. The van der Waals surface area contributed by atoms with Gasteiger partial charge in [-0.3, -0.25) is 25.8 Å². The minimum atomic E-state index is -0.684. The Morgan fingerprint density at radius 1 is 1.00 bits per heavy atom. The van der Waals surface area contributed by atoms with Gasteiger partial charge in [0.1, 0.15) is 6.33 Å². The fraction of sp³-hybridized carbons (Fsp3) is 0. The summed E-state index contributed by atoms with van der Waals surface area (Å²) in [6.07, 6.45) is 1.10. The van der Waals surface area contributed by atoms with Crippen LogP contribution in [0, 0.1) is 10.1 Å². The molecule has 0 spiro atoms. The molecule has 29 heavy (non-hydrogen) atoms. The molecule has 3 rings (SSSR count). The minimum absolute atomic E-state index is 0.0893. The summed E-state index contributed by atoms with van der Waals surface area (Å²) in [5.74, 6) is -0.953. The smallest absolute Gasteiger partial charge is 0.334 e. The van der Waals surface area contributed by atoms with Crippen LogP contribution in [0.4, 0.5) is 23.0 Å². The molecule has 0 radical (unpaired) electrons. The Labute approximate surface area is 179 Å². The first-order valence-electron chi connectivity index (χ1n) is 7.88. The lowest BCUT2D eigenvalue weighted by Crippen LogP contribution is -2.30. The predicted octanol–water partition coefficient (Wildman–Crippen LogP) is 4.85. The molecule has 148 valence electrons. The van der Waals surface area contributed by atoms with Crippen molar-refractivity contribution in [3.05, 3.63) is 79.5 Å². The number of nitro groups is 1. The molecule has 0 saturated heterocycles. The summed E-state index contributed by atoms with van der Waals surface area (Å²) in [4.78, 5) is 30.9. The van der Waals surface area contributed by atoms with E-state index in [0.29, 0.717) is 15.7 Å². The minimum Gasteiger partial charge on any atom is -0.334 e. The molecule has 0 saturated carbocycles. The van der Waals surface area contributed by atoms with Crippen LogP contribution in [0.1, 0.15) is 10.4 Å². The van der Waals surface area contributed by atoms with Gasteiger partial charge in [0.15, 0.2) is 0 Å². The number of rotatable bonds is 6. The van der Waals surface area contributed by atoms with E-state index in [1.165, 1.54) is 18.2 Å². The molecule has 12 heteroatoms. The number of halogens is 3. The summed E-state index contributed by atoms with van der Waals surface area (Å²) in [5.41, 5.74) is 4.87. The lowest BCUT2D eigenvalue weighted by Gasteiger charge is -2.11. The van der Waals surface area contributed by atoms with Crippen molar-refractivity contribution in [1.82, 2.24) is 15.4 Å². The molecule has 0 atom stereocenters. The average molecular weight is 454 g/mol. The van der Waals surface area contributed by atoms with Crippen molar-refractivity contribution in [3.63, 3.8) is 0 Å². The van der Waals surface area contributed by atoms with Crippen LogP contribution in [-0.2, 0) is 0 Å². The van der Waals surface area contributed by atoms with Crippen molar-refractivity contribution in [3.8, 4) is 0 Å². The maximum absolute atomic E-state index is 12.3. The molecule has 0 aliphatic rings. The van der Waals surface area contributed by atoms with E-state index in [9.17, 15) is 14.9 Å². The van der Waals surface area contributed by atoms with Gasteiger partial charge in [-0.2, -0.15) is 0 Å². The molecule has 1 amide bonds. The average Bonchev–Trinajstić information content (AvgIpc) is 2.66. The second kappa shape index (κ2) is 8.91. The Kier molecular flexibility index (Phi) is 6.32. The Morgan fingerprint density at radius 3 is 2.41 bits per heavy atom. The van der Waals surface area contributed by atoms with Crippen molar-refractivity contribution in [1.29, 1.82) is 0 Å². The summed E-state index contributed by atoms with van der Waals surface area (Å²) < 4.78 is 0. The molecule has 3 aromatic rings. The van der Waals surface area contributed by atoms with E-state index in [4.69, 9.17) is 34.8 Å². The maximum atomic E-state index is 12.3. The van der Waals surface area contributed by atoms with E-state index in [0.717, 1.165) is 6.33 Å². The van der Waals surface area contributed by atoms with Gasteiger partial charge in [0.25, 0.3) is 5.91 Å². The van der Waals surface area contributed by atoms with Crippen LogP contribution in [0.5, 0.6) is 0 Å². The zero-order chi connectivity index (χ0) is 21.0. The molecular weight excluding hydrogens is 443 g/mol. The SMILES string of the molecule is O=C(NNc1ncnc(Nc2cccc(Cl)c2)c1[N+](=O)[O-])c1ccc(Cl)cc1Cl. The number of aromatic nitrogens is 2. The van der Waals surface area contributed by atoms with E-state index in [1.807, 2.05) is 0 Å². The van der Waals surface area contributed by atoms with Crippen LogP contribution in [0.25, 0.3) is 0 Å². The summed E-state index contributed by atoms with van der Waals surface area (Å²) in [5, 5.41) is 15.3. The molecule has 3 N–H and O–H groups in total. The van der Waals surface area contributed by atoms with E-state index in [2.05, 4.69) is 26.1 Å². The molecule has 1 heterocycles. The molecule has 0 fully saturated rings. The Bertz CT molecular complexity index is 1100. The first-order chi connectivity index (χ1) is 13.8. The molecule has 0 bridgehead atoms. The number of carbonyl (C=O) groups is 1. The van der Waals surface area contributed by atoms with Gasteiger partial charge in [0.2, 0.25) is 11.6 Å². The highest BCUT2D eigenvalue weighted by Gasteiger charge is 2.24. The van der Waals surface area contributed by atoms with Crippen molar-refractivity contribution in [2.24, 2.45) is 0 Å². The number of hydrogen-bond acceptors (Lipinski definition) is 7. The van der Waals surface area contributed by atoms with Gasteiger partial charge in [-0.1, -0.05) is 40.9 Å². The number of carbonyl (C=O) groups excluding carboxylic acids is 1. The molecule has 0 aliphatic heterocycles. The standard InChI is InChI=1S/C17H11Cl3N6O3/c18-9-2-1-3-11(6-9)23-15-14(26(28)29)16(22-8-21-15)24-25-17(27)12-5-4-10(19)7-13(12)20/h1-8H,(H,25,27)(H2,21,22,23,24). The lowest BCUT2D eigenvalue weighted by molar-refractivity contribution is -0.383. The number of anilines is 3. The lowest BCUT2D eigenvalue weighted by atomic mass is 10.2. The number of benzene rings is 2. The van der Waals surface area contributed by atoms with Crippen molar-refractivity contribution >= 4 is 63.7 Å². The normalized spacial score (nSPS) is 10.3. The first-order valence-corrected chi connectivity index (χ1v) is 9.02. The second-order valence-corrected chi connectivity index (χ2v) is 6.80. The summed E-state index contributed by atoms with van der Waals surface area (Å²) >= 11 is 17.7. The molecule has 0 unspecified atom stereocenters. The molecule has 0 aliphatic carbocycles. The second-order valence-electron chi connectivity index (χ2n) is 5.52. The van der Waals surface area contributed by atoms with Gasteiger partial charge in [0.05, 0.1) is 15.5 Å². The number of amides is 1. The third-order valence-corrected chi connectivity index (χ3v) is 4.35. The van der Waals surface area contributed by atoms with Crippen LogP contribution in [0.2, 0.25) is 15.1 Å². The van der Waals surface area contributed by atoms with Gasteiger partial charge in [-0.15, -0.1) is 0 Å². The van der Waals surface area contributed by atoms with Crippen LogP contribution in [-0.4, -0.2) is 20.8 Å². The van der Waals surface area contributed by atoms with Crippen molar-refractivity contribution < 1.29 is 9.72 Å². The zero-order valence-corrected chi connectivity index (χ0v) is 16.6. The Balaban J connectivity index is 1.83. The predicted molar refractivity (Wildman–Crippen MR) is 111 cm³/mol. The quantitative estimate of drug-likeness (QED) is 0.360. The van der Waals surface area contributed by atoms with Crippen LogP contribution in [0.3, 0.4) is 0 Å². The van der Waals surface area contributed by atoms with Gasteiger partial charge < -0.3 is 5.32 Å². The molecular formula is C17H11Cl3N6O3. The zero-order valence-electron chi connectivity index (χ0n) is 14.3. The molecule has 2 aromatic carbocycles. The topological polar surface area (TPSA) is 122 Å². The van der Waals surface area contributed by atoms with Gasteiger partial charge in [-0.25, -0.2) is 9.97 Å². The maximum Gasteiger partial charge on any atom is 0.355 e. The Hall–Kier alpha value is -3.14. The third kappa shape index (κ3) is 5.02. The van der Waals surface area contributed by atoms with E-state index in [1.54, 1.807) is 24.3 Å². The van der Waals surface area contributed by atoms with Gasteiger partial charge in [-0.05, 0) is 36.4 Å². The van der Waals surface area contributed by atoms with E-state index >= 15 is 0 Å².